The molecule has 0 unspecified atom stereocenters. The largest absolute Gasteiger partial charge is 0.490 e. The predicted molar refractivity (Wildman–Crippen MR) is 112 cm³/mol. The van der Waals surface area contributed by atoms with Crippen LogP contribution in [-0.4, -0.2) is 68.2 Å². The van der Waals surface area contributed by atoms with Gasteiger partial charge in [0, 0.05) is 39.5 Å². The highest BCUT2D eigenvalue weighted by Gasteiger charge is 2.22. The second-order valence-electron chi connectivity index (χ2n) is 7.97. The number of nitrogens with one attached hydrogen (secondary N) is 1. The first-order valence-electron chi connectivity index (χ1n) is 10.6. The first kappa shape index (κ1) is 20.0. The highest BCUT2D eigenvalue weighted by molar-refractivity contribution is 5.79. The van der Waals surface area contributed by atoms with Crippen molar-refractivity contribution in [2.45, 2.75) is 45.1 Å². The number of hydrogen-bond acceptors (Lipinski definition) is 3. The van der Waals surface area contributed by atoms with Crippen LogP contribution in [0.2, 0.25) is 0 Å². The van der Waals surface area contributed by atoms with E-state index in [0.717, 1.165) is 50.1 Å². The normalized spacial score (nSPS) is 20.7. The summed E-state index contributed by atoms with van der Waals surface area (Å²) in [6.07, 6.45) is 6.29. The van der Waals surface area contributed by atoms with Gasteiger partial charge in [-0.05, 0) is 56.9 Å². The lowest BCUT2D eigenvalue weighted by atomic mass is 9.99. The molecule has 0 spiro atoms. The highest BCUT2D eigenvalue weighted by Crippen LogP contribution is 2.19. The van der Waals surface area contributed by atoms with Crippen molar-refractivity contribution in [1.29, 1.82) is 0 Å². The Morgan fingerprint density at radius 3 is 2.44 bits per heavy atom. The second-order valence-corrected chi connectivity index (χ2v) is 7.97. The molecule has 0 amide bonds. The number of ether oxygens (including phenoxy) is 1. The Labute approximate surface area is 164 Å². The summed E-state index contributed by atoms with van der Waals surface area (Å²) in [7, 11) is 1.89. The van der Waals surface area contributed by atoms with Gasteiger partial charge in [0.1, 0.15) is 11.9 Å². The van der Waals surface area contributed by atoms with Gasteiger partial charge in [0.05, 0.1) is 0 Å². The SMILES string of the molecule is CN=C(NCCCN1CCC(C)CC1)N1CCC(Oc2ccccc2)CC1. The summed E-state index contributed by atoms with van der Waals surface area (Å²) in [5, 5.41) is 3.56. The van der Waals surface area contributed by atoms with Crippen LogP contribution in [0.3, 0.4) is 0 Å². The minimum absolute atomic E-state index is 0.309. The molecular weight excluding hydrogens is 336 g/mol. The lowest BCUT2D eigenvalue weighted by molar-refractivity contribution is 0.129. The Kier molecular flexibility index (Phi) is 7.81. The molecule has 27 heavy (non-hydrogen) atoms. The van der Waals surface area contributed by atoms with E-state index < -0.39 is 0 Å². The first-order chi connectivity index (χ1) is 13.2. The summed E-state index contributed by atoms with van der Waals surface area (Å²) >= 11 is 0. The fourth-order valence-corrected chi connectivity index (χ4v) is 4.00. The Morgan fingerprint density at radius 2 is 1.78 bits per heavy atom. The van der Waals surface area contributed by atoms with Crippen molar-refractivity contribution >= 4 is 5.96 Å². The average Bonchev–Trinajstić information content (AvgIpc) is 2.71. The molecule has 1 aromatic rings. The van der Waals surface area contributed by atoms with Gasteiger partial charge in [0.15, 0.2) is 5.96 Å². The molecule has 2 heterocycles. The van der Waals surface area contributed by atoms with Gasteiger partial charge >= 0.3 is 0 Å². The topological polar surface area (TPSA) is 40.1 Å². The number of benzene rings is 1. The van der Waals surface area contributed by atoms with E-state index in [1.165, 1.54) is 38.9 Å². The van der Waals surface area contributed by atoms with Gasteiger partial charge in [0.25, 0.3) is 0 Å². The van der Waals surface area contributed by atoms with E-state index in [4.69, 9.17) is 4.74 Å². The maximum Gasteiger partial charge on any atom is 0.193 e. The lowest BCUT2D eigenvalue weighted by Crippen LogP contribution is -2.48. The van der Waals surface area contributed by atoms with Crippen LogP contribution >= 0.6 is 0 Å². The van der Waals surface area contributed by atoms with Gasteiger partial charge in [-0.3, -0.25) is 4.99 Å². The molecule has 2 saturated heterocycles. The predicted octanol–water partition coefficient (Wildman–Crippen LogP) is 3.23. The molecule has 0 bridgehead atoms. The Bertz CT molecular complexity index is 561. The molecule has 150 valence electrons. The van der Waals surface area contributed by atoms with Crippen molar-refractivity contribution < 1.29 is 4.74 Å². The van der Waals surface area contributed by atoms with E-state index >= 15 is 0 Å². The third kappa shape index (κ3) is 6.42. The van der Waals surface area contributed by atoms with Crippen LogP contribution in [-0.2, 0) is 0 Å². The quantitative estimate of drug-likeness (QED) is 0.473. The third-order valence-electron chi connectivity index (χ3n) is 5.81. The third-order valence-corrected chi connectivity index (χ3v) is 5.81. The van der Waals surface area contributed by atoms with Crippen LogP contribution in [0.5, 0.6) is 5.75 Å². The maximum absolute atomic E-state index is 6.10. The number of piperidine rings is 2. The molecule has 1 aromatic carbocycles. The molecule has 3 rings (SSSR count). The summed E-state index contributed by atoms with van der Waals surface area (Å²) in [5.41, 5.74) is 0. The Hall–Kier alpha value is -1.75. The van der Waals surface area contributed by atoms with E-state index in [2.05, 4.69) is 27.0 Å². The van der Waals surface area contributed by atoms with Crippen LogP contribution in [0.4, 0.5) is 0 Å². The van der Waals surface area contributed by atoms with Crippen molar-refractivity contribution in [3.8, 4) is 5.75 Å². The minimum atomic E-state index is 0.309. The smallest absolute Gasteiger partial charge is 0.193 e. The summed E-state index contributed by atoms with van der Waals surface area (Å²) in [6, 6.07) is 10.2. The van der Waals surface area contributed by atoms with Crippen LogP contribution in [0.25, 0.3) is 0 Å². The summed E-state index contributed by atoms with van der Waals surface area (Å²) < 4.78 is 6.10. The Morgan fingerprint density at radius 1 is 1.07 bits per heavy atom. The van der Waals surface area contributed by atoms with Gasteiger partial charge < -0.3 is 19.9 Å². The molecule has 0 aliphatic carbocycles. The number of nitrogens with zero attached hydrogens (tertiary/aromatic N) is 3. The molecule has 1 N–H and O–H groups in total. The average molecular weight is 373 g/mol. The van der Waals surface area contributed by atoms with E-state index in [1.54, 1.807) is 0 Å². The summed E-state index contributed by atoms with van der Waals surface area (Å²) in [5.74, 6) is 2.93. The molecule has 5 heteroatoms. The van der Waals surface area contributed by atoms with Crippen molar-refractivity contribution in [3.05, 3.63) is 30.3 Å². The van der Waals surface area contributed by atoms with Crippen LogP contribution < -0.4 is 10.1 Å². The van der Waals surface area contributed by atoms with E-state index in [1.807, 2.05) is 37.4 Å². The molecule has 2 aliphatic heterocycles. The van der Waals surface area contributed by atoms with Gasteiger partial charge in [0.2, 0.25) is 0 Å². The molecule has 2 aliphatic rings. The van der Waals surface area contributed by atoms with Crippen LogP contribution in [0, 0.1) is 5.92 Å². The number of likely N-dealkylation sites (tertiary alicyclic amines) is 2. The lowest BCUT2D eigenvalue weighted by Gasteiger charge is -2.34. The van der Waals surface area contributed by atoms with E-state index in [0.29, 0.717) is 6.10 Å². The fourth-order valence-electron chi connectivity index (χ4n) is 4.00. The molecule has 0 aromatic heterocycles. The first-order valence-corrected chi connectivity index (χ1v) is 10.6. The molecule has 0 saturated carbocycles. The zero-order chi connectivity index (χ0) is 18.9. The zero-order valence-corrected chi connectivity index (χ0v) is 17.1. The molecule has 2 fully saturated rings. The van der Waals surface area contributed by atoms with Crippen LogP contribution in [0.1, 0.15) is 39.0 Å². The monoisotopic (exact) mass is 372 g/mol. The van der Waals surface area contributed by atoms with Crippen molar-refractivity contribution in [2.24, 2.45) is 10.9 Å². The maximum atomic E-state index is 6.10. The van der Waals surface area contributed by atoms with E-state index in [-0.39, 0.29) is 0 Å². The number of hydrogen-bond donors (Lipinski definition) is 1. The summed E-state index contributed by atoms with van der Waals surface area (Å²) in [6.45, 7) is 9.11. The molecular formula is C22H36N4O. The molecule has 5 nitrogen and oxygen atoms in total. The zero-order valence-electron chi connectivity index (χ0n) is 17.1. The number of para-hydroxylation sites is 1. The standard InChI is InChI=1S/C22H36N4O/c1-19-9-15-25(16-10-19)14-6-13-24-22(23-2)26-17-11-21(12-18-26)27-20-7-4-3-5-8-20/h3-5,7-8,19,21H,6,9-18H2,1-2H3,(H,23,24). The number of aliphatic imine (C=N–C) groups is 1. The fraction of sp³-hybridized carbons (Fsp3) is 0.682. The highest BCUT2D eigenvalue weighted by atomic mass is 16.5. The van der Waals surface area contributed by atoms with Gasteiger partial charge in [-0.2, -0.15) is 0 Å². The number of rotatable bonds is 6. The molecule has 0 radical (unpaired) electrons. The van der Waals surface area contributed by atoms with Crippen LogP contribution in [0.15, 0.2) is 35.3 Å². The van der Waals surface area contributed by atoms with Gasteiger partial charge in [-0.1, -0.05) is 25.1 Å². The van der Waals surface area contributed by atoms with Crippen molar-refractivity contribution in [2.75, 3.05) is 46.3 Å². The molecule has 0 atom stereocenters. The number of guanidine groups is 1. The second kappa shape index (κ2) is 10.5. The minimum Gasteiger partial charge on any atom is -0.490 e. The van der Waals surface area contributed by atoms with Crippen molar-refractivity contribution in [1.82, 2.24) is 15.1 Å². The van der Waals surface area contributed by atoms with Crippen molar-refractivity contribution in [3.63, 3.8) is 0 Å². The van der Waals surface area contributed by atoms with E-state index in [9.17, 15) is 0 Å². The van der Waals surface area contributed by atoms with Gasteiger partial charge in [-0.15, -0.1) is 0 Å². The van der Waals surface area contributed by atoms with Gasteiger partial charge in [-0.25, -0.2) is 0 Å². The Balaban J connectivity index is 1.33. The summed E-state index contributed by atoms with van der Waals surface area (Å²) in [4.78, 5) is 9.47.